The third-order valence-corrected chi connectivity index (χ3v) is 6.39. The van der Waals surface area contributed by atoms with Gasteiger partial charge in [0.15, 0.2) is 10.9 Å². The number of carbonyl (C=O) groups excluding carboxylic acids is 2. The fourth-order valence-electron chi connectivity index (χ4n) is 3.13. The van der Waals surface area contributed by atoms with Crippen LogP contribution in [0, 0.1) is 5.92 Å². The second kappa shape index (κ2) is 9.02. The zero-order valence-corrected chi connectivity index (χ0v) is 17.8. The van der Waals surface area contributed by atoms with E-state index in [0.717, 1.165) is 37.0 Å². The zero-order chi connectivity index (χ0) is 20.3. The SMILES string of the molecule is O=C(O)Cc1nc(NC(=O)Nc2ccc(Cl)cc2C(=O)C2CCCC2)sc1Br. The van der Waals surface area contributed by atoms with Crippen molar-refractivity contribution in [3.63, 3.8) is 0 Å². The number of halogens is 2. The Hall–Kier alpha value is -1.97. The summed E-state index contributed by atoms with van der Waals surface area (Å²) in [6.07, 6.45) is 3.49. The molecule has 0 atom stereocenters. The van der Waals surface area contributed by atoms with Crippen molar-refractivity contribution in [2.24, 2.45) is 5.92 Å². The zero-order valence-electron chi connectivity index (χ0n) is 14.6. The second-order valence-corrected chi connectivity index (χ2v) is 9.18. The van der Waals surface area contributed by atoms with Gasteiger partial charge in [-0.05, 0) is 47.0 Å². The maximum atomic E-state index is 12.8. The van der Waals surface area contributed by atoms with E-state index in [1.54, 1.807) is 18.2 Å². The van der Waals surface area contributed by atoms with Crippen molar-refractivity contribution >= 4 is 67.5 Å². The second-order valence-electron chi connectivity index (χ2n) is 6.42. The van der Waals surface area contributed by atoms with Gasteiger partial charge in [0.25, 0.3) is 0 Å². The largest absolute Gasteiger partial charge is 0.481 e. The predicted octanol–water partition coefficient (Wildman–Crippen LogP) is 5.20. The van der Waals surface area contributed by atoms with E-state index < -0.39 is 12.0 Å². The van der Waals surface area contributed by atoms with Gasteiger partial charge in [-0.15, -0.1) is 0 Å². The molecule has 148 valence electrons. The molecule has 0 saturated heterocycles. The summed E-state index contributed by atoms with van der Waals surface area (Å²) in [5.74, 6) is -1.08. The highest BCUT2D eigenvalue weighted by atomic mass is 79.9. The Bertz CT molecular complexity index is 928. The van der Waals surface area contributed by atoms with Crippen molar-refractivity contribution in [3.05, 3.63) is 38.3 Å². The third kappa shape index (κ3) is 5.09. The van der Waals surface area contributed by atoms with Gasteiger partial charge in [0.2, 0.25) is 0 Å². The lowest BCUT2D eigenvalue weighted by atomic mass is 9.95. The first-order valence-electron chi connectivity index (χ1n) is 8.62. The van der Waals surface area contributed by atoms with Crippen molar-refractivity contribution in [2.45, 2.75) is 32.1 Å². The number of amides is 2. The number of hydrogen-bond acceptors (Lipinski definition) is 5. The number of urea groups is 1. The number of nitrogens with one attached hydrogen (secondary N) is 2. The molecule has 0 unspecified atom stereocenters. The maximum Gasteiger partial charge on any atom is 0.325 e. The number of Topliss-reactive ketones (excluding diaryl/α,β-unsaturated/α-hetero) is 1. The summed E-state index contributed by atoms with van der Waals surface area (Å²) in [5.41, 5.74) is 1.10. The van der Waals surface area contributed by atoms with Crippen LogP contribution < -0.4 is 10.6 Å². The smallest absolute Gasteiger partial charge is 0.325 e. The summed E-state index contributed by atoms with van der Waals surface area (Å²) in [4.78, 5) is 40.1. The van der Waals surface area contributed by atoms with E-state index in [-0.39, 0.29) is 23.3 Å². The van der Waals surface area contributed by atoms with Crippen LogP contribution in [0.3, 0.4) is 0 Å². The molecule has 1 aliphatic carbocycles. The monoisotopic (exact) mass is 485 g/mol. The van der Waals surface area contributed by atoms with Crippen LogP contribution in [0.4, 0.5) is 15.6 Å². The normalized spacial score (nSPS) is 14.1. The van der Waals surface area contributed by atoms with Gasteiger partial charge in [-0.25, -0.2) is 9.78 Å². The minimum atomic E-state index is -1.02. The highest BCUT2D eigenvalue weighted by Gasteiger charge is 2.26. The number of aliphatic carboxylic acids is 1. The van der Waals surface area contributed by atoms with Crippen molar-refractivity contribution in [3.8, 4) is 0 Å². The van der Waals surface area contributed by atoms with E-state index >= 15 is 0 Å². The van der Waals surface area contributed by atoms with Crippen molar-refractivity contribution < 1.29 is 19.5 Å². The van der Waals surface area contributed by atoms with E-state index in [4.69, 9.17) is 16.7 Å². The van der Waals surface area contributed by atoms with Crippen LogP contribution in [-0.2, 0) is 11.2 Å². The van der Waals surface area contributed by atoms with Crippen LogP contribution in [0.1, 0.15) is 41.7 Å². The summed E-state index contributed by atoms with van der Waals surface area (Å²) in [5, 5.41) is 14.8. The number of ketones is 1. The number of carbonyl (C=O) groups is 3. The van der Waals surface area contributed by atoms with E-state index in [2.05, 4.69) is 31.5 Å². The number of aromatic nitrogens is 1. The highest BCUT2D eigenvalue weighted by molar-refractivity contribution is 9.11. The average Bonchev–Trinajstić information content (AvgIpc) is 3.26. The minimum Gasteiger partial charge on any atom is -0.481 e. The number of benzene rings is 1. The number of carboxylic acid groups (broad SMARTS) is 1. The Morgan fingerprint density at radius 1 is 1.25 bits per heavy atom. The van der Waals surface area contributed by atoms with E-state index in [1.807, 2.05) is 0 Å². The molecule has 2 amide bonds. The molecule has 3 rings (SSSR count). The quantitative estimate of drug-likeness (QED) is 0.486. The first kappa shape index (κ1) is 20.8. The van der Waals surface area contributed by atoms with E-state index in [1.165, 1.54) is 0 Å². The van der Waals surface area contributed by atoms with Crippen molar-refractivity contribution in [2.75, 3.05) is 10.6 Å². The van der Waals surface area contributed by atoms with Gasteiger partial charge in [0, 0.05) is 16.5 Å². The van der Waals surface area contributed by atoms with Crippen molar-refractivity contribution in [1.82, 2.24) is 4.98 Å². The van der Waals surface area contributed by atoms with Gasteiger partial charge in [-0.1, -0.05) is 35.8 Å². The molecule has 7 nitrogen and oxygen atoms in total. The molecule has 28 heavy (non-hydrogen) atoms. The maximum absolute atomic E-state index is 12.8. The Labute approximate surface area is 178 Å². The van der Waals surface area contributed by atoms with Gasteiger partial charge in [-0.2, -0.15) is 0 Å². The molecule has 10 heteroatoms. The minimum absolute atomic E-state index is 0.0176. The van der Waals surface area contributed by atoms with Crippen LogP contribution in [0.2, 0.25) is 5.02 Å². The topological polar surface area (TPSA) is 108 Å². The van der Waals surface area contributed by atoms with Crippen molar-refractivity contribution in [1.29, 1.82) is 0 Å². The molecular formula is C18H17BrClN3O4S. The van der Waals surface area contributed by atoms with E-state index in [0.29, 0.717) is 25.8 Å². The number of carboxylic acids is 1. The molecule has 1 fully saturated rings. The first-order chi connectivity index (χ1) is 13.3. The van der Waals surface area contributed by atoms with Crippen LogP contribution in [0.15, 0.2) is 22.0 Å². The van der Waals surface area contributed by atoms with Gasteiger partial charge < -0.3 is 10.4 Å². The molecule has 1 aromatic heterocycles. The first-order valence-corrected chi connectivity index (χ1v) is 10.6. The standard InChI is InChI=1S/C18H17BrClN3O4S/c19-16-13(8-14(24)25)22-18(28-16)23-17(27)21-12-6-5-10(20)7-11(12)15(26)9-3-1-2-4-9/h5-7,9H,1-4,8H2,(H,24,25)(H2,21,22,23,27). The molecule has 1 saturated carbocycles. The Morgan fingerprint density at radius 2 is 1.96 bits per heavy atom. The number of nitrogens with zero attached hydrogens (tertiary/aromatic N) is 1. The number of hydrogen-bond donors (Lipinski definition) is 3. The number of rotatable bonds is 6. The van der Waals surface area contributed by atoms with Gasteiger partial charge in [0.05, 0.1) is 21.6 Å². The van der Waals surface area contributed by atoms with Crippen LogP contribution in [0.25, 0.3) is 0 Å². The predicted molar refractivity (Wildman–Crippen MR) is 112 cm³/mol. The molecule has 0 spiro atoms. The molecule has 3 N–H and O–H groups in total. The highest BCUT2D eigenvalue weighted by Crippen LogP contribution is 2.32. The molecular weight excluding hydrogens is 470 g/mol. The summed E-state index contributed by atoms with van der Waals surface area (Å²) in [7, 11) is 0. The number of anilines is 2. The van der Waals surface area contributed by atoms with E-state index in [9.17, 15) is 14.4 Å². The molecule has 0 aliphatic heterocycles. The van der Waals surface area contributed by atoms with Gasteiger partial charge in [0.1, 0.15) is 0 Å². The van der Waals surface area contributed by atoms with Crippen LogP contribution in [-0.4, -0.2) is 27.9 Å². The lowest BCUT2D eigenvalue weighted by Gasteiger charge is -2.14. The molecule has 2 aromatic rings. The summed E-state index contributed by atoms with van der Waals surface area (Å²) in [6.45, 7) is 0. The summed E-state index contributed by atoms with van der Waals surface area (Å²) < 4.78 is 0.536. The molecule has 0 bridgehead atoms. The molecule has 1 aliphatic rings. The van der Waals surface area contributed by atoms with Gasteiger partial charge in [-0.3, -0.25) is 14.9 Å². The number of thiazole rings is 1. The summed E-state index contributed by atoms with van der Waals surface area (Å²) >= 11 is 10.4. The fraction of sp³-hybridized carbons (Fsp3) is 0.333. The summed E-state index contributed by atoms with van der Waals surface area (Å²) in [6, 6.07) is 4.19. The lowest BCUT2D eigenvalue weighted by molar-refractivity contribution is -0.136. The fourth-order valence-corrected chi connectivity index (χ4v) is 4.69. The van der Waals surface area contributed by atoms with Crippen LogP contribution in [0.5, 0.6) is 0 Å². The Kier molecular flexibility index (Phi) is 6.69. The molecule has 1 aromatic carbocycles. The molecule has 0 radical (unpaired) electrons. The van der Waals surface area contributed by atoms with Gasteiger partial charge >= 0.3 is 12.0 Å². The Balaban J connectivity index is 1.73. The third-order valence-electron chi connectivity index (χ3n) is 4.41. The lowest BCUT2D eigenvalue weighted by Crippen LogP contribution is -2.22. The average molecular weight is 487 g/mol. The van der Waals surface area contributed by atoms with Crippen LogP contribution >= 0.6 is 38.9 Å². The Morgan fingerprint density at radius 3 is 2.64 bits per heavy atom. The molecule has 1 heterocycles.